The number of carbonyl (C=O) groups is 2. The standard InChI is InChI=1S/C25H27F3N4O5S/c1-17-4-6-18(7-5-17)21-16-22(25(26,27)28)29-32(21)19-8-10-20(11-9-19)38(35,36)30-23(33)12-13-24(34)37-15-14-31(2)3/h4-11,16H,12-15H2,1-3H3,(H,30,33). The van der Waals surface area contributed by atoms with E-state index in [-0.39, 0.29) is 29.3 Å². The molecule has 0 bridgehead atoms. The van der Waals surface area contributed by atoms with Crippen LogP contribution in [0.4, 0.5) is 13.2 Å². The number of rotatable bonds is 10. The van der Waals surface area contributed by atoms with Crippen LogP contribution in [0.15, 0.2) is 59.5 Å². The quantitative estimate of drug-likeness (QED) is 0.383. The highest BCUT2D eigenvalue weighted by Crippen LogP contribution is 2.33. The van der Waals surface area contributed by atoms with Gasteiger partial charge in [0, 0.05) is 18.5 Å². The van der Waals surface area contributed by atoms with Crippen LogP contribution >= 0.6 is 0 Å². The minimum absolute atomic E-state index is 0.143. The van der Waals surface area contributed by atoms with Crippen LogP contribution in [0.5, 0.6) is 0 Å². The molecule has 0 aliphatic heterocycles. The molecule has 0 aliphatic carbocycles. The molecule has 0 saturated carbocycles. The third kappa shape index (κ3) is 7.65. The lowest BCUT2D eigenvalue weighted by Crippen LogP contribution is -2.31. The van der Waals surface area contributed by atoms with Gasteiger partial charge in [-0.2, -0.15) is 18.3 Å². The number of alkyl halides is 3. The summed E-state index contributed by atoms with van der Waals surface area (Å²) in [5.41, 5.74) is 0.661. The van der Waals surface area contributed by atoms with Crippen molar-refractivity contribution in [1.29, 1.82) is 0 Å². The van der Waals surface area contributed by atoms with Crippen LogP contribution in [0.1, 0.15) is 24.1 Å². The van der Waals surface area contributed by atoms with E-state index >= 15 is 0 Å². The molecule has 13 heteroatoms. The third-order valence-electron chi connectivity index (χ3n) is 5.34. The maximum absolute atomic E-state index is 13.4. The van der Waals surface area contributed by atoms with Gasteiger partial charge in [-0.25, -0.2) is 17.8 Å². The van der Waals surface area contributed by atoms with Crippen molar-refractivity contribution in [3.8, 4) is 16.9 Å². The Hall–Kier alpha value is -3.71. The lowest BCUT2D eigenvalue weighted by atomic mass is 10.1. The summed E-state index contributed by atoms with van der Waals surface area (Å²) in [6, 6.07) is 12.6. The van der Waals surface area contributed by atoms with Gasteiger partial charge in [-0.05, 0) is 51.4 Å². The molecule has 0 radical (unpaired) electrons. The fraction of sp³-hybridized carbons (Fsp3) is 0.320. The summed E-state index contributed by atoms with van der Waals surface area (Å²) < 4.78 is 73.3. The van der Waals surface area contributed by atoms with E-state index < -0.39 is 40.2 Å². The first-order valence-corrected chi connectivity index (χ1v) is 13.0. The smallest absolute Gasteiger partial charge is 0.435 e. The van der Waals surface area contributed by atoms with E-state index in [1.54, 1.807) is 38.4 Å². The zero-order valence-corrected chi connectivity index (χ0v) is 21.8. The maximum Gasteiger partial charge on any atom is 0.435 e. The number of sulfonamides is 1. The van der Waals surface area contributed by atoms with Gasteiger partial charge in [-0.15, -0.1) is 0 Å². The molecular formula is C25H27F3N4O5S. The molecule has 0 aliphatic rings. The Balaban J connectivity index is 1.75. The summed E-state index contributed by atoms with van der Waals surface area (Å²) in [4.78, 5) is 25.3. The Bertz CT molecular complexity index is 1380. The fourth-order valence-corrected chi connectivity index (χ4v) is 4.32. The summed E-state index contributed by atoms with van der Waals surface area (Å²) in [6.07, 6.45) is -5.38. The number of esters is 1. The first-order chi connectivity index (χ1) is 17.8. The monoisotopic (exact) mass is 552 g/mol. The fourth-order valence-electron chi connectivity index (χ4n) is 3.30. The van der Waals surface area contributed by atoms with Gasteiger partial charge in [0.25, 0.3) is 10.0 Å². The minimum Gasteiger partial charge on any atom is -0.464 e. The number of aromatic nitrogens is 2. The average molecular weight is 553 g/mol. The highest BCUT2D eigenvalue weighted by Gasteiger charge is 2.35. The van der Waals surface area contributed by atoms with E-state index in [0.29, 0.717) is 12.1 Å². The van der Waals surface area contributed by atoms with Crippen molar-refractivity contribution >= 4 is 21.9 Å². The largest absolute Gasteiger partial charge is 0.464 e. The van der Waals surface area contributed by atoms with Gasteiger partial charge in [0.15, 0.2) is 5.69 Å². The van der Waals surface area contributed by atoms with E-state index in [0.717, 1.165) is 28.4 Å². The predicted octanol–water partition coefficient (Wildman–Crippen LogP) is 3.56. The van der Waals surface area contributed by atoms with Crippen molar-refractivity contribution in [3.63, 3.8) is 0 Å². The van der Waals surface area contributed by atoms with Crippen molar-refractivity contribution in [2.24, 2.45) is 0 Å². The van der Waals surface area contributed by atoms with Crippen molar-refractivity contribution in [3.05, 3.63) is 65.9 Å². The molecule has 9 nitrogen and oxygen atoms in total. The number of hydrogen-bond donors (Lipinski definition) is 1. The first kappa shape index (κ1) is 28.9. The molecular weight excluding hydrogens is 525 g/mol. The van der Waals surface area contributed by atoms with Gasteiger partial charge in [-0.1, -0.05) is 29.8 Å². The summed E-state index contributed by atoms with van der Waals surface area (Å²) in [5, 5.41) is 3.69. The molecule has 1 N–H and O–H groups in total. The second-order valence-corrected chi connectivity index (χ2v) is 10.4. The maximum atomic E-state index is 13.4. The van der Waals surface area contributed by atoms with Crippen molar-refractivity contribution in [2.45, 2.75) is 30.8 Å². The van der Waals surface area contributed by atoms with Gasteiger partial charge in [0.05, 0.1) is 22.7 Å². The average Bonchev–Trinajstić information content (AvgIpc) is 3.29. The normalized spacial score (nSPS) is 12.0. The zero-order valence-electron chi connectivity index (χ0n) is 20.9. The molecule has 0 fully saturated rings. The molecule has 1 aromatic heterocycles. The van der Waals surface area contributed by atoms with Crippen LogP contribution in [-0.4, -0.2) is 62.2 Å². The summed E-state index contributed by atoms with van der Waals surface area (Å²) in [5.74, 6) is -1.53. The van der Waals surface area contributed by atoms with Crippen LogP contribution in [0.25, 0.3) is 16.9 Å². The van der Waals surface area contributed by atoms with Crippen LogP contribution in [-0.2, 0) is 30.5 Å². The van der Waals surface area contributed by atoms with E-state index in [4.69, 9.17) is 4.74 Å². The van der Waals surface area contributed by atoms with E-state index in [1.165, 1.54) is 12.1 Å². The number of aryl methyl sites for hydroxylation is 1. The van der Waals surface area contributed by atoms with E-state index in [1.807, 2.05) is 16.5 Å². The molecule has 204 valence electrons. The van der Waals surface area contributed by atoms with Crippen molar-refractivity contribution in [2.75, 3.05) is 27.2 Å². The number of halogens is 3. The minimum atomic E-state index is -4.68. The van der Waals surface area contributed by atoms with Crippen molar-refractivity contribution < 1.29 is 35.9 Å². The molecule has 0 saturated heterocycles. The van der Waals surface area contributed by atoms with Crippen LogP contribution in [0.3, 0.4) is 0 Å². The summed E-state index contributed by atoms with van der Waals surface area (Å²) >= 11 is 0. The Labute approximate surface area is 218 Å². The highest BCUT2D eigenvalue weighted by atomic mass is 32.2. The molecule has 0 spiro atoms. The van der Waals surface area contributed by atoms with Gasteiger partial charge < -0.3 is 9.64 Å². The SMILES string of the molecule is Cc1ccc(-c2cc(C(F)(F)F)nn2-c2ccc(S(=O)(=O)NC(=O)CCC(=O)OCCN(C)C)cc2)cc1. The number of benzene rings is 2. The number of hydrogen-bond acceptors (Lipinski definition) is 7. The van der Waals surface area contributed by atoms with Crippen LogP contribution in [0.2, 0.25) is 0 Å². The first-order valence-electron chi connectivity index (χ1n) is 11.5. The number of nitrogens with zero attached hydrogens (tertiary/aromatic N) is 3. The summed E-state index contributed by atoms with van der Waals surface area (Å²) in [7, 11) is -0.684. The van der Waals surface area contributed by atoms with Gasteiger partial charge >= 0.3 is 12.1 Å². The summed E-state index contributed by atoms with van der Waals surface area (Å²) in [6.45, 7) is 2.49. The second kappa shape index (κ2) is 11.8. The lowest BCUT2D eigenvalue weighted by Gasteiger charge is -2.11. The highest BCUT2D eigenvalue weighted by molar-refractivity contribution is 7.90. The predicted molar refractivity (Wildman–Crippen MR) is 133 cm³/mol. The molecule has 0 atom stereocenters. The van der Waals surface area contributed by atoms with Gasteiger partial charge in [0.1, 0.15) is 6.61 Å². The van der Waals surface area contributed by atoms with Crippen LogP contribution < -0.4 is 4.72 Å². The Morgan fingerprint density at radius 2 is 1.66 bits per heavy atom. The van der Waals surface area contributed by atoms with E-state index in [9.17, 15) is 31.2 Å². The second-order valence-electron chi connectivity index (χ2n) is 8.74. The molecule has 3 aromatic rings. The van der Waals surface area contributed by atoms with Crippen LogP contribution in [0, 0.1) is 6.92 Å². The number of ether oxygens (including phenoxy) is 1. The number of nitrogens with one attached hydrogen (secondary N) is 1. The topological polar surface area (TPSA) is 111 Å². The van der Waals surface area contributed by atoms with Gasteiger partial charge in [-0.3, -0.25) is 9.59 Å². The zero-order chi connectivity index (χ0) is 28.1. The molecule has 3 rings (SSSR count). The Kier molecular flexibility index (Phi) is 8.94. The lowest BCUT2D eigenvalue weighted by molar-refractivity contribution is -0.145. The number of carbonyl (C=O) groups excluding carboxylic acids is 2. The molecule has 2 aromatic carbocycles. The third-order valence-corrected chi connectivity index (χ3v) is 6.73. The Morgan fingerprint density at radius 3 is 2.24 bits per heavy atom. The molecule has 0 unspecified atom stereocenters. The molecule has 38 heavy (non-hydrogen) atoms. The van der Waals surface area contributed by atoms with Gasteiger partial charge in [0.2, 0.25) is 5.91 Å². The number of amides is 1. The van der Waals surface area contributed by atoms with Crippen molar-refractivity contribution in [1.82, 2.24) is 19.4 Å². The molecule has 1 heterocycles. The number of likely N-dealkylation sites (N-methyl/N-ethyl adjacent to an activating group) is 1. The van der Waals surface area contributed by atoms with E-state index in [2.05, 4.69) is 5.10 Å². The molecule has 1 amide bonds. The Morgan fingerprint density at radius 1 is 1.03 bits per heavy atom.